The number of nitrogens with zero attached hydrogens (tertiary/aromatic N) is 3. The van der Waals surface area contributed by atoms with E-state index in [0.717, 1.165) is 27.9 Å². The van der Waals surface area contributed by atoms with Crippen LogP contribution in [0.25, 0.3) is 10.4 Å². The lowest BCUT2D eigenvalue weighted by atomic mass is 9.96. The third-order valence-corrected chi connectivity index (χ3v) is 3.02. The predicted octanol–water partition coefficient (Wildman–Crippen LogP) is -0.0103. The Balaban J connectivity index is 3.37. The molecule has 0 radical (unpaired) electrons. The molecule has 1 heterocycles. The van der Waals surface area contributed by atoms with Crippen molar-refractivity contribution in [2.45, 2.75) is 51.4 Å². The van der Waals surface area contributed by atoms with Crippen LogP contribution >= 0.6 is 0 Å². The summed E-state index contributed by atoms with van der Waals surface area (Å²) >= 11 is 0. The van der Waals surface area contributed by atoms with E-state index < -0.39 is 54.5 Å². The SMILES string of the molecule is COC(=O)C1O[C@@H](OC(C)=O)C(N=[N+]=[N-])C(OC(C)=O)[C@H]1OC(C)=O. The van der Waals surface area contributed by atoms with Gasteiger partial charge in [-0.3, -0.25) is 14.4 Å². The van der Waals surface area contributed by atoms with Crippen LogP contribution in [-0.4, -0.2) is 61.6 Å². The maximum Gasteiger partial charge on any atom is 0.339 e. The standard InChI is InChI=1S/C13H17N3O9/c1-5(17)22-9-8(15-16-14)13(24-7(3)19)25-11(12(20)21-4)10(9)23-6(2)18/h8-11,13H,1-4H3/t8?,9?,10-,11?,13-/m1/s1. The minimum Gasteiger partial charge on any atom is -0.467 e. The molecule has 1 fully saturated rings. The van der Waals surface area contributed by atoms with Crippen molar-refractivity contribution in [3.63, 3.8) is 0 Å². The molecule has 0 aromatic rings. The lowest BCUT2D eigenvalue weighted by molar-refractivity contribution is -0.261. The van der Waals surface area contributed by atoms with Crippen molar-refractivity contribution in [1.82, 2.24) is 0 Å². The van der Waals surface area contributed by atoms with Gasteiger partial charge in [0.25, 0.3) is 0 Å². The number of carbonyl (C=O) groups is 4. The Morgan fingerprint density at radius 1 is 0.960 bits per heavy atom. The second-order valence-electron chi connectivity index (χ2n) is 4.90. The zero-order valence-corrected chi connectivity index (χ0v) is 13.9. The average Bonchev–Trinajstić information content (AvgIpc) is 2.50. The number of azide groups is 1. The predicted molar refractivity (Wildman–Crippen MR) is 76.5 cm³/mol. The molecule has 3 unspecified atom stereocenters. The Morgan fingerprint density at radius 2 is 1.48 bits per heavy atom. The highest BCUT2D eigenvalue weighted by atomic mass is 16.7. The second kappa shape index (κ2) is 8.85. The molecular weight excluding hydrogens is 342 g/mol. The Morgan fingerprint density at radius 3 is 1.92 bits per heavy atom. The number of methoxy groups -OCH3 is 1. The molecule has 12 heteroatoms. The first-order valence-electron chi connectivity index (χ1n) is 7.00. The summed E-state index contributed by atoms with van der Waals surface area (Å²) in [7, 11) is 1.05. The molecule has 1 aliphatic heterocycles. The van der Waals surface area contributed by atoms with Gasteiger partial charge in [0.15, 0.2) is 18.3 Å². The van der Waals surface area contributed by atoms with Gasteiger partial charge in [0.2, 0.25) is 6.29 Å². The van der Waals surface area contributed by atoms with Crippen LogP contribution in [0.5, 0.6) is 0 Å². The van der Waals surface area contributed by atoms with Crippen LogP contribution in [0.1, 0.15) is 20.8 Å². The Kier molecular flexibility index (Phi) is 7.15. The van der Waals surface area contributed by atoms with Crippen LogP contribution in [0.3, 0.4) is 0 Å². The number of carbonyl (C=O) groups excluding carboxylic acids is 4. The van der Waals surface area contributed by atoms with Crippen LogP contribution in [0.4, 0.5) is 0 Å². The normalized spacial score (nSPS) is 28.1. The monoisotopic (exact) mass is 359 g/mol. The lowest BCUT2D eigenvalue weighted by Gasteiger charge is -2.41. The molecule has 0 saturated carbocycles. The van der Waals surface area contributed by atoms with E-state index in [1.54, 1.807) is 0 Å². The fourth-order valence-electron chi connectivity index (χ4n) is 2.22. The minimum absolute atomic E-state index is 0.806. The zero-order chi connectivity index (χ0) is 19.1. The largest absolute Gasteiger partial charge is 0.467 e. The van der Waals surface area contributed by atoms with Gasteiger partial charge >= 0.3 is 23.9 Å². The van der Waals surface area contributed by atoms with Gasteiger partial charge in [-0.15, -0.1) is 0 Å². The maximum absolute atomic E-state index is 12.0. The van der Waals surface area contributed by atoms with Crippen molar-refractivity contribution in [3.8, 4) is 0 Å². The van der Waals surface area contributed by atoms with Gasteiger partial charge in [0.1, 0.15) is 6.04 Å². The van der Waals surface area contributed by atoms with Gasteiger partial charge in [-0.1, -0.05) is 5.11 Å². The first-order valence-corrected chi connectivity index (χ1v) is 7.00. The van der Waals surface area contributed by atoms with Gasteiger partial charge in [-0.25, -0.2) is 4.79 Å². The van der Waals surface area contributed by atoms with Crippen LogP contribution < -0.4 is 0 Å². The van der Waals surface area contributed by atoms with Gasteiger partial charge in [-0.2, -0.15) is 0 Å². The summed E-state index contributed by atoms with van der Waals surface area (Å²) in [6.45, 7) is 3.17. The van der Waals surface area contributed by atoms with Gasteiger partial charge in [-0.05, 0) is 5.53 Å². The first kappa shape index (κ1) is 20.2. The van der Waals surface area contributed by atoms with Gasteiger partial charge < -0.3 is 23.7 Å². The van der Waals surface area contributed by atoms with Gasteiger partial charge in [0, 0.05) is 25.7 Å². The molecule has 1 rings (SSSR count). The molecule has 0 aromatic heterocycles. The van der Waals surface area contributed by atoms with Crippen molar-refractivity contribution >= 4 is 23.9 Å². The summed E-state index contributed by atoms with van der Waals surface area (Å²) in [5, 5.41) is 3.39. The second-order valence-corrected chi connectivity index (χ2v) is 4.90. The molecule has 0 aliphatic carbocycles. The Bertz CT molecular complexity index is 602. The van der Waals surface area contributed by atoms with E-state index in [4.69, 9.17) is 24.5 Å². The minimum atomic E-state index is -1.58. The number of rotatable bonds is 5. The summed E-state index contributed by atoms with van der Waals surface area (Å²) in [6, 6.07) is -1.40. The highest BCUT2D eigenvalue weighted by Crippen LogP contribution is 2.30. The molecule has 1 saturated heterocycles. The summed E-state index contributed by atoms with van der Waals surface area (Å²) in [5.74, 6) is -3.41. The average molecular weight is 359 g/mol. The summed E-state index contributed by atoms with van der Waals surface area (Å²) in [5.41, 5.74) is 8.73. The van der Waals surface area contributed by atoms with Crippen molar-refractivity contribution in [2.75, 3.05) is 7.11 Å². The van der Waals surface area contributed by atoms with E-state index in [1.807, 2.05) is 0 Å². The lowest BCUT2D eigenvalue weighted by Crippen LogP contribution is -2.62. The molecule has 0 bridgehead atoms. The molecule has 0 N–H and O–H groups in total. The van der Waals surface area contributed by atoms with E-state index in [0.29, 0.717) is 0 Å². The Labute approximate surface area is 141 Å². The van der Waals surface area contributed by atoms with E-state index in [2.05, 4.69) is 14.8 Å². The van der Waals surface area contributed by atoms with E-state index in [9.17, 15) is 19.2 Å². The molecule has 0 spiro atoms. The highest BCUT2D eigenvalue weighted by Gasteiger charge is 2.54. The van der Waals surface area contributed by atoms with Crippen molar-refractivity contribution in [2.24, 2.45) is 5.11 Å². The van der Waals surface area contributed by atoms with Crippen molar-refractivity contribution in [1.29, 1.82) is 0 Å². The topological polar surface area (TPSA) is 163 Å². The van der Waals surface area contributed by atoms with Crippen molar-refractivity contribution in [3.05, 3.63) is 10.4 Å². The van der Waals surface area contributed by atoms with Crippen LogP contribution in [0.2, 0.25) is 0 Å². The highest BCUT2D eigenvalue weighted by molar-refractivity contribution is 5.77. The number of hydrogen-bond acceptors (Lipinski definition) is 10. The molecule has 1 aliphatic rings. The molecular formula is C13H17N3O9. The number of hydrogen-bond donors (Lipinski definition) is 0. The molecule has 138 valence electrons. The molecule has 0 amide bonds. The van der Waals surface area contributed by atoms with Crippen LogP contribution in [0.15, 0.2) is 5.11 Å². The van der Waals surface area contributed by atoms with Gasteiger partial charge in [0.05, 0.1) is 7.11 Å². The fourth-order valence-corrected chi connectivity index (χ4v) is 2.22. The first-order chi connectivity index (χ1) is 11.7. The van der Waals surface area contributed by atoms with E-state index in [-0.39, 0.29) is 0 Å². The van der Waals surface area contributed by atoms with E-state index in [1.165, 1.54) is 0 Å². The summed E-state index contributed by atoms with van der Waals surface area (Å²) in [6.07, 6.45) is -6.06. The number of esters is 4. The molecule has 12 nitrogen and oxygen atoms in total. The third kappa shape index (κ3) is 5.33. The van der Waals surface area contributed by atoms with E-state index >= 15 is 0 Å². The summed E-state index contributed by atoms with van der Waals surface area (Å²) in [4.78, 5) is 48.6. The molecule has 25 heavy (non-hydrogen) atoms. The zero-order valence-electron chi connectivity index (χ0n) is 13.9. The maximum atomic E-state index is 12.0. The van der Waals surface area contributed by atoms with Crippen LogP contribution in [0, 0.1) is 0 Å². The van der Waals surface area contributed by atoms with Crippen molar-refractivity contribution < 1.29 is 42.9 Å². The quantitative estimate of drug-likeness (QED) is 0.216. The number of ether oxygens (including phenoxy) is 5. The Hall–Kier alpha value is -2.85. The fraction of sp³-hybridized carbons (Fsp3) is 0.692. The molecule has 5 atom stereocenters. The smallest absolute Gasteiger partial charge is 0.339 e. The molecule has 0 aromatic carbocycles. The third-order valence-electron chi connectivity index (χ3n) is 3.02. The summed E-state index contributed by atoms with van der Waals surface area (Å²) < 4.78 is 24.8. The van der Waals surface area contributed by atoms with Crippen LogP contribution in [-0.2, 0) is 42.9 Å².